The molecular weight excluding hydrogens is 328 g/mol. The first-order chi connectivity index (χ1) is 11.1. The molecule has 5 nitrogen and oxygen atoms in total. The molecule has 6 heteroatoms. The van der Waals surface area contributed by atoms with Crippen LogP contribution in [-0.4, -0.2) is 57.3 Å². The van der Waals surface area contributed by atoms with E-state index in [0.29, 0.717) is 19.1 Å². The lowest BCUT2D eigenvalue weighted by atomic mass is 10.1. The van der Waals surface area contributed by atoms with Crippen LogP contribution in [0.1, 0.15) is 26.3 Å². The first-order valence-corrected chi connectivity index (χ1v) is 8.37. The van der Waals surface area contributed by atoms with Gasteiger partial charge < -0.3 is 19.3 Å². The Morgan fingerprint density at radius 3 is 2.58 bits per heavy atom. The fourth-order valence-corrected chi connectivity index (χ4v) is 2.56. The first kappa shape index (κ1) is 20.7. The van der Waals surface area contributed by atoms with E-state index >= 15 is 0 Å². The van der Waals surface area contributed by atoms with E-state index in [0.717, 1.165) is 18.2 Å². The van der Waals surface area contributed by atoms with Crippen molar-refractivity contribution in [2.24, 2.45) is 0 Å². The maximum Gasteiger partial charge on any atom is 0.293 e. The van der Waals surface area contributed by atoms with E-state index in [-0.39, 0.29) is 5.60 Å². The Balaban J connectivity index is 0.000000351. The third-order valence-corrected chi connectivity index (χ3v) is 3.75. The number of nitrogens with zero attached hydrogens (tertiary/aromatic N) is 2. The number of hydrogen-bond donors (Lipinski definition) is 0. The number of benzene rings is 1. The van der Waals surface area contributed by atoms with Crippen LogP contribution in [0.25, 0.3) is 0 Å². The molecule has 0 spiro atoms. The number of anilines is 1. The molecule has 1 aromatic rings. The lowest BCUT2D eigenvalue weighted by Crippen LogP contribution is -2.42. The van der Waals surface area contributed by atoms with Crippen LogP contribution in [0.2, 0.25) is 5.02 Å². The highest BCUT2D eigenvalue weighted by molar-refractivity contribution is 6.30. The Morgan fingerprint density at radius 2 is 2.08 bits per heavy atom. The standard InChI is InChI=1S/C13H19ClN2O.C5H10O2/c1-15(2)7-12-9-17-8-10-6-11(14)4-5-13(10)16(12)3;1-5(2,3)7-4-6/h4-6,12H,7-9H2,1-3H3;4H,1-3H3. The predicted molar refractivity (Wildman–Crippen MR) is 98.8 cm³/mol. The number of likely N-dealkylation sites (N-methyl/N-ethyl adjacent to an activating group) is 2. The molecular formula is C18H29ClN2O3. The SMILES string of the molecule is CC(C)(C)OC=O.CN(C)CC1COCc2cc(Cl)ccc2N1C. The van der Waals surface area contributed by atoms with Gasteiger partial charge in [0.15, 0.2) is 0 Å². The van der Waals surface area contributed by atoms with Gasteiger partial charge in [-0.2, -0.15) is 0 Å². The third kappa shape index (κ3) is 7.07. The topological polar surface area (TPSA) is 42.0 Å². The minimum absolute atomic E-state index is 0.318. The summed E-state index contributed by atoms with van der Waals surface area (Å²) in [5, 5.41) is 0.770. The predicted octanol–water partition coefficient (Wildman–Crippen LogP) is 3.19. The van der Waals surface area contributed by atoms with E-state index in [2.05, 4.69) is 41.7 Å². The monoisotopic (exact) mass is 356 g/mol. The van der Waals surface area contributed by atoms with Crippen molar-refractivity contribution < 1.29 is 14.3 Å². The molecule has 0 aromatic heterocycles. The summed E-state index contributed by atoms with van der Waals surface area (Å²) < 4.78 is 10.3. The van der Waals surface area contributed by atoms with E-state index in [4.69, 9.17) is 16.3 Å². The van der Waals surface area contributed by atoms with Gasteiger partial charge in [0.2, 0.25) is 0 Å². The number of fused-ring (bicyclic) bond motifs is 1. The molecule has 1 aromatic carbocycles. The summed E-state index contributed by atoms with van der Waals surface area (Å²) in [5.74, 6) is 0. The van der Waals surface area contributed by atoms with Crippen molar-refractivity contribution in [3.05, 3.63) is 28.8 Å². The van der Waals surface area contributed by atoms with Crippen molar-refractivity contribution in [2.75, 3.05) is 39.2 Å². The van der Waals surface area contributed by atoms with Crippen LogP contribution < -0.4 is 4.90 Å². The van der Waals surface area contributed by atoms with Crippen molar-refractivity contribution >= 4 is 23.8 Å². The van der Waals surface area contributed by atoms with Crippen molar-refractivity contribution in [2.45, 2.75) is 39.0 Å². The minimum atomic E-state index is -0.318. The Bertz CT molecular complexity index is 529. The van der Waals surface area contributed by atoms with E-state index < -0.39 is 0 Å². The molecule has 2 rings (SSSR count). The van der Waals surface area contributed by atoms with Gasteiger partial charge in [0.1, 0.15) is 5.60 Å². The summed E-state index contributed by atoms with van der Waals surface area (Å²) in [5.41, 5.74) is 2.07. The zero-order valence-corrected chi connectivity index (χ0v) is 16.3. The van der Waals surface area contributed by atoms with E-state index in [9.17, 15) is 4.79 Å². The van der Waals surface area contributed by atoms with Crippen molar-refractivity contribution in [1.29, 1.82) is 0 Å². The molecule has 1 heterocycles. The summed E-state index contributed by atoms with van der Waals surface area (Å²) in [6.45, 7) is 8.30. The smallest absolute Gasteiger partial charge is 0.293 e. The van der Waals surface area contributed by atoms with E-state index in [1.54, 1.807) is 0 Å². The Kier molecular flexibility index (Phi) is 8.00. The number of ether oxygens (including phenoxy) is 2. The van der Waals surface area contributed by atoms with Crippen LogP contribution in [0, 0.1) is 0 Å². The van der Waals surface area contributed by atoms with Crippen LogP contribution in [0.5, 0.6) is 0 Å². The normalized spacial score (nSPS) is 17.5. The Labute approximate surface area is 150 Å². The highest BCUT2D eigenvalue weighted by Crippen LogP contribution is 2.28. The molecule has 1 unspecified atom stereocenters. The maximum atomic E-state index is 9.60. The average Bonchev–Trinajstić information content (AvgIpc) is 2.58. The lowest BCUT2D eigenvalue weighted by Gasteiger charge is -2.30. The molecule has 0 bridgehead atoms. The van der Waals surface area contributed by atoms with Gasteiger partial charge in [-0.25, -0.2) is 0 Å². The fourth-order valence-electron chi connectivity index (χ4n) is 2.37. The van der Waals surface area contributed by atoms with Crippen LogP contribution in [0.15, 0.2) is 18.2 Å². The molecule has 0 fully saturated rings. The summed E-state index contributed by atoms with van der Waals surface area (Å²) in [7, 11) is 6.29. The summed E-state index contributed by atoms with van der Waals surface area (Å²) in [6, 6.07) is 6.39. The van der Waals surface area contributed by atoms with Gasteiger partial charge in [-0.3, -0.25) is 4.79 Å². The van der Waals surface area contributed by atoms with Crippen LogP contribution in [0.3, 0.4) is 0 Å². The van der Waals surface area contributed by atoms with Crippen LogP contribution in [-0.2, 0) is 20.9 Å². The number of hydrogen-bond acceptors (Lipinski definition) is 5. The molecule has 1 aliphatic heterocycles. The lowest BCUT2D eigenvalue weighted by molar-refractivity contribution is -0.138. The molecule has 0 amide bonds. The quantitative estimate of drug-likeness (QED) is 0.778. The van der Waals surface area contributed by atoms with Crippen LogP contribution in [0.4, 0.5) is 5.69 Å². The second-order valence-corrected chi connectivity index (χ2v) is 7.58. The summed E-state index contributed by atoms with van der Waals surface area (Å²) >= 11 is 6.02. The zero-order valence-electron chi connectivity index (χ0n) is 15.5. The Morgan fingerprint density at radius 1 is 1.42 bits per heavy atom. The highest BCUT2D eigenvalue weighted by Gasteiger charge is 2.22. The van der Waals surface area contributed by atoms with Gasteiger partial charge in [-0.1, -0.05) is 11.6 Å². The second-order valence-electron chi connectivity index (χ2n) is 7.14. The van der Waals surface area contributed by atoms with Gasteiger partial charge >= 0.3 is 0 Å². The van der Waals surface area contributed by atoms with Crippen LogP contribution >= 0.6 is 11.6 Å². The summed E-state index contributed by atoms with van der Waals surface area (Å²) in [6.07, 6.45) is 0. The molecule has 1 atom stereocenters. The third-order valence-electron chi connectivity index (χ3n) is 3.51. The molecule has 24 heavy (non-hydrogen) atoms. The fraction of sp³-hybridized carbons (Fsp3) is 0.611. The average molecular weight is 357 g/mol. The second kappa shape index (κ2) is 9.25. The zero-order chi connectivity index (χ0) is 18.3. The number of carbonyl (C=O) groups is 1. The van der Waals surface area contributed by atoms with E-state index in [1.165, 1.54) is 11.3 Å². The van der Waals surface area contributed by atoms with Crippen molar-refractivity contribution in [3.8, 4) is 0 Å². The number of carbonyl (C=O) groups excluding carboxylic acids is 1. The van der Waals surface area contributed by atoms with Gasteiger partial charge in [0.05, 0.1) is 19.3 Å². The van der Waals surface area contributed by atoms with Gasteiger partial charge in [0, 0.05) is 29.9 Å². The van der Waals surface area contributed by atoms with Gasteiger partial charge in [-0.15, -0.1) is 0 Å². The number of rotatable bonds is 3. The van der Waals surface area contributed by atoms with Crippen molar-refractivity contribution in [1.82, 2.24) is 4.90 Å². The maximum absolute atomic E-state index is 9.60. The van der Waals surface area contributed by atoms with Crippen molar-refractivity contribution in [3.63, 3.8) is 0 Å². The Hall–Kier alpha value is -1.30. The largest absolute Gasteiger partial charge is 0.462 e. The molecule has 136 valence electrons. The highest BCUT2D eigenvalue weighted by atomic mass is 35.5. The van der Waals surface area contributed by atoms with E-state index in [1.807, 2.05) is 32.9 Å². The van der Waals surface area contributed by atoms with Gasteiger partial charge in [0.25, 0.3) is 6.47 Å². The minimum Gasteiger partial charge on any atom is -0.462 e. The molecule has 0 saturated heterocycles. The molecule has 0 saturated carbocycles. The molecule has 0 aliphatic carbocycles. The number of halogens is 1. The van der Waals surface area contributed by atoms with Gasteiger partial charge in [-0.05, 0) is 53.1 Å². The first-order valence-electron chi connectivity index (χ1n) is 7.99. The molecule has 0 N–H and O–H groups in total. The molecule has 1 aliphatic rings. The summed E-state index contributed by atoms with van der Waals surface area (Å²) in [4.78, 5) is 14.1. The molecule has 0 radical (unpaired) electrons.